The van der Waals surface area contributed by atoms with Gasteiger partial charge in [-0.25, -0.2) is 9.69 Å². The molecule has 9 heteroatoms. The standard InChI is InChI=1S/C26H20ClN3O5/c1-16-11-12-18(14-21(16)27)28-23(31)15-35-22-10-6-5-7-17(22)13-20-24(32)29-26(34)30(25(20)33)19-8-3-2-4-9-19/h2-14H,15H2,1H3,(H,28,31)(H,29,32,34)/b20-13-. The van der Waals surface area contributed by atoms with Gasteiger partial charge < -0.3 is 10.1 Å². The van der Waals surface area contributed by atoms with Crippen LogP contribution in [0, 0.1) is 6.92 Å². The molecule has 5 amide bonds. The van der Waals surface area contributed by atoms with E-state index in [9.17, 15) is 19.2 Å². The maximum atomic E-state index is 13.0. The van der Waals surface area contributed by atoms with Crippen LogP contribution in [0.1, 0.15) is 11.1 Å². The van der Waals surface area contributed by atoms with Crippen molar-refractivity contribution in [1.29, 1.82) is 0 Å². The van der Waals surface area contributed by atoms with Gasteiger partial charge in [-0.2, -0.15) is 0 Å². The lowest BCUT2D eigenvalue weighted by molar-refractivity contribution is -0.122. The largest absolute Gasteiger partial charge is 0.483 e. The number of carbonyl (C=O) groups is 4. The summed E-state index contributed by atoms with van der Waals surface area (Å²) in [7, 11) is 0. The fraction of sp³-hybridized carbons (Fsp3) is 0.0769. The molecule has 0 atom stereocenters. The Balaban J connectivity index is 1.53. The Kier molecular flexibility index (Phi) is 6.93. The highest BCUT2D eigenvalue weighted by atomic mass is 35.5. The summed E-state index contributed by atoms with van der Waals surface area (Å²) in [5.74, 6) is -1.73. The van der Waals surface area contributed by atoms with Crippen LogP contribution in [0.15, 0.2) is 78.4 Å². The predicted octanol–water partition coefficient (Wildman–Crippen LogP) is 4.33. The molecule has 2 N–H and O–H groups in total. The monoisotopic (exact) mass is 489 g/mol. The number of anilines is 2. The Morgan fingerprint density at radius 1 is 1.03 bits per heavy atom. The fourth-order valence-corrected chi connectivity index (χ4v) is 3.55. The molecular formula is C26H20ClN3O5. The van der Waals surface area contributed by atoms with Gasteiger partial charge in [-0.05, 0) is 48.9 Å². The van der Waals surface area contributed by atoms with E-state index >= 15 is 0 Å². The van der Waals surface area contributed by atoms with Gasteiger partial charge in [0.05, 0.1) is 5.69 Å². The Bertz CT molecular complexity index is 1350. The number of hydrogen-bond acceptors (Lipinski definition) is 5. The summed E-state index contributed by atoms with van der Waals surface area (Å²) in [5, 5.41) is 5.40. The van der Waals surface area contributed by atoms with Gasteiger partial charge >= 0.3 is 6.03 Å². The van der Waals surface area contributed by atoms with E-state index < -0.39 is 23.8 Å². The summed E-state index contributed by atoms with van der Waals surface area (Å²) >= 11 is 6.09. The van der Waals surface area contributed by atoms with E-state index in [0.717, 1.165) is 10.5 Å². The lowest BCUT2D eigenvalue weighted by Crippen LogP contribution is -2.54. The summed E-state index contributed by atoms with van der Waals surface area (Å²) in [5.41, 5.74) is 1.88. The van der Waals surface area contributed by atoms with E-state index in [2.05, 4.69) is 10.6 Å². The number of nitrogens with zero attached hydrogens (tertiary/aromatic N) is 1. The van der Waals surface area contributed by atoms with Crippen molar-refractivity contribution in [2.24, 2.45) is 0 Å². The highest BCUT2D eigenvalue weighted by Gasteiger charge is 2.36. The number of ether oxygens (including phenoxy) is 1. The fourth-order valence-electron chi connectivity index (χ4n) is 3.37. The zero-order chi connectivity index (χ0) is 24.9. The summed E-state index contributed by atoms with van der Waals surface area (Å²) < 4.78 is 5.66. The summed E-state index contributed by atoms with van der Waals surface area (Å²) in [6, 6.07) is 19.2. The number of aryl methyl sites for hydroxylation is 1. The molecule has 1 fully saturated rings. The van der Waals surface area contributed by atoms with Crippen LogP contribution in [0.4, 0.5) is 16.2 Å². The van der Waals surface area contributed by atoms with Gasteiger partial charge in [0.1, 0.15) is 11.3 Å². The third kappa shape index (κ3) is 5.39. The molecular weight excluding hydrogens is 470 g/mol. The van der Waals surface area contributed by atoms with E-state index in [4.69, 9.17) is 16.3 Å². The summed E-state index contributed by atoms with van der Waals surface area (Å²) in [4.78, 5) is 51.1. The number of halogens is 1. The maximum absolute atomic E-state index is 13.0. The van der Waals surface area contributed by atoms with E-state index in [1.54, 1.807) is 72.8 Å². The molecule has 35 heavy (non-hydrogen) atoms. The molecule has 0 spiro atoms. The Hall–Kier alpha value is -4.43. The zero-order valence-electron chi connectivity index (χ0n) is 18.6. The predicted molar refractivity (Wildman–Crippen MR) is 132 cm³/mol. The molecule has 4 rings (SSSR count). The second kappa shape index (κ2) is 10.2. The molecule has 0 aromatic heterocycles. The van der Waals surface area contributed by atoms with Crippen LogP contribution in [0.2, 0.25) is 5.02 Å². The summed E-state index contributed by atoms with van der Waals surface area (Å²) in [6.07, 6.45) is 1.33. The van der Waals surface area contributed by atoms with Crippen LogP contribution >= 0.6 is 11.6 Å². The molecule has 1 heterocycles. The van der Waals surface area contributed by atoms with Crippen LogP contribution in [0.25, 0.3) is 6.08 Å². The topological polar surface area (TPSA) is 105 Å². The van der Waals surface area contributed by atoms with Gasteiger partial charge in [0.2, 0.25) is 0 Å². The molecule has 0 aliphatic carbocycles. The molecule has 1 saturated heterocycles. The van der Waals surface area contributed by atoms with Gasteiger partial charge in [0.15, 0.2) is 6.61 Å². The van der Waals surface area contributed by atoms with Crippen LogP contribution in [0.5, 0.6) is 5.75 Å². The molecule has 0 saturated carbocycles. The maximum Gasteiger partial charge on any atom is 0.335 e. The van der Waals surface area contributed by atoms with Crippen molar-refractivity contribution in [3.05, 3.63) is 94.5 Å². The van der Waals surface area contributed by atoms with Crippen LogP contribution in [-0.2, 0) is 14.4 Å². The van der Waals surface area contributed by atoms with Crippen LogP contribution < -0.4 is 20.3 Å². The molecule has 0 radical (unpaired) electrons. The van der Waals surface area contributed by atoms with E-state index in [0.29, 0.717) is 22.0 Å². The van der Waals surface area contributed by atoms with Gasteiger partial charge in [0.25, 0.3) is 17.7 Å². The second-order valence-corrected chi connectivity index (χ2v) is 8.04. The van der Waals surface area contributed by atoms with Gasteiger partial charge in [0, 0.05) is 16.3 Å². The Morgan fingerprint density at radius 2 is 1.74 bits per heavy atom. The van der Waals surface area contributed by atoms with Crippen molar-refractivity contribution in [3.8, 4) is 5.75 Å². The zero-order valence-corrected chi connectivity index (χ0v) is 19.3. The third-order valence-electron chi connectivity index (χ3n) is 5.15. The van der Waals surface area contributed by atoms with E-state index in [1.807, 2.05) is 6.92 Å². The van der Waals surface area contributed by atoms with Crippen molar-refractivity contribution in [2.45, 2.75) is 6.92 Å². The van der Waals surface area contributed by atoms with E-state index in [1.165, 1.54) is 6.08 Å². The summed E-state index contributed by atoms with van der Waals surface area (Å²) in [6.45, 7) is 1.54. The number of urea groups is 1. The lowest BCUT2D eigenvalue weighted by Gasteiger charge is -2.26. The first-order valence-electron chi connectivity index (χ1n) is 10.6. The number of rotatable bonds is 6. The normalized spacial score (nSPS) is 14.6. The number of hydrogen-bond donors (Lipinski definition) is 2. The highest BCUT2D eigenvalue weighted by Crippen LogP contribution is 2.25. The number of barbiturate groups is 1. The molecule has 1 aliphatic heterocycles. The van der Waals surface area contributed by atoms with Crippen molar-refractivity contribution in [1.82, 2.24) is 5.32 Å². The van der Waals surface area contributed by atoms with Crippen LogP contribution in [-0.4, -0.2) is 30.4 Å². The minimum atomic E-state index is -0.833. The first kappa shape index (κ1) is 23.7. The average Bonchev–Trinajstić information content (AvgIpc) is 2.84. The number of imide groups is 2. The first-order valence-corrected chi connectivity index (χ1v) is 11.0. The molecule has 3 aromatic rings. The number of carbonyl (C=O) groups excluding carboxylic acids is 4. The molecule has 176 valence electrons. The quantitative estimate of drug-likeness (QED) is 0.396. The van der Waals surface area contributed by atoms with Crippen LogP contribution in [0.3, 0.4) is 0 Å². The molecule has 0 bridgehead atoms. The van der Waals surface area contributed by atoms with E-state index in [-0.39, 0.29) is 17.9 Å². The van der Waals surface area contributed by atoms with Gasteiger partial charge in [-0.3, -0.25) is 19.7 Å². The first-order chi connectivity index (χ1) is 16.8. The highest BCUT2D eigenvalue weighted by molar-refractivity contribution is 6.39. The number of nitrogens with one attached hydrogen (secondary N) is 2. The SMILES string of the molecule is Cc1ccc(NC(=O)COc2ccccc2/C=C2/C(=O)NC(=O)N(c3ccccc3)C2=O)cc1Cl. The average molecular weight is 490 g/mol. The number of amides is 5. The number of para-hydroxylation sites is 2. The molecule has 1 aliphatic rings. The lowest BCUT2D eigenvalue weighted by atomic mass is 10.1. The second-order valence-electron chi connectivity index (χ2n) is 7.63. The molecule has 3 aromatic carbocycles. The smallest absolute Gasteiger partial charge is 0.335 e. The van der Waals surface area contributed by atoms with Crippen molar-refractivity contribution < 1.29 is 23.9 Å². The van der Waals surface area contributed by atoms with Gasteiger partial charge in [-0.1, -0.05) is 54.1 Å². The minimum Gasteiger partial charge on any atom is -0.483 e. The van der Waals surface area contributed by atoms with Crippen molar-refractivity contribution in [3.63, 3.8) is 0 Å². The van der Waals surface area contributed by atoms with Gasteiger partial charge in [-0.15, -0.1) is 0 Å². The molecule has 0 unspecified atom stereocenters. The Morgan fingerprint density at radius 3 is 2.49 bits per heavy atom. The minimum absolute atomic E-state index is 0.247. The third-order valence-corrected chi connectivity index (χ3v) is 5.56. The molecule has 8 nitrogen and oxygen atoms in total. The number of benzene rings is 3. The van der Waals surface area contributed by atoms with Crippen molar-refractivity contribution >= 4 is 52.8 Å². The van der Waals surface area contributed by atoms with Crippen molar-refractivity contribution in [2.75, 3.05) is 16.8 Å². The Labute approximate surface area is 206 Å².